The van der Waals surface area contributed by atoms with Gasteiger partial charge in [-0.1, -0.05) is 18.2 Å². The normalized spacial score (nSPS) is 18.1. The first-order valence-corrected chi connectivity index (χ1v) is 5.85. The van der Waals surface area contributed by atoms with E-state index in [2.05, 4.69) is 40.5 Å². The highest BCUT2D eigenvalue weighted by atomic mass is 15.1. The highest BCUT2D eigenvalue weighted by Crippen LogP contribution is 2.22. The lowest BCUT2D eigenvalue weighted by Crippen LogP contribution is -2.36. The molecule has 0 aliphatic carbocycles. The second kappa shape index (κ2) is 5.17. The second-order valence-corrected chi connectivity index (χ2v) is 4.32. The van der Waals surface area contributed by atoms with Crippen LogP contribution in [0.1, 0.15) is 12.8 Å². The first-order chi connectivity index (χ1) is 7.40. The monoisotopic (exact) mass is 204 g/mol. The summed E-state index contributed by atoms with van der Waals surface area (Å²) in [5.41, 5.74) is 1.38. The van der Waals surface area contributed by atoms with E-state index < -0.39 is 0 Å². The number of hydrogen-bond donors (Lipinski definition) is 1. The van der Waals surface area contributed by atoms with Crippen LogP contribution in [0.3, 0.4) is 0 Å². The third-order valence-corrected chi connectivity index (χ3v) is 3.23. The predicted molar refractivity (Wildman–Crippen MR) is 65.3 cm³/mol. The maximum absolute atomic E-state index is 3.27. The standard InChI is InChI=1S/C13H20N2/c1-14-11-12-7-9-15(10-8-12)13-5-3-2-4-6-13/h2-6,12,14H,7-11H2,1H3. The van der Waals surface area contributed by atoms with Crippen molar-refractivity contribution in [3.8, 4) is 0 Å². The van der Waals surface area contributed by atoms with E-state index in [0.717, 1.165) is 5.92 Å². The van der Waals surface area contributed by atoms with Gasteiger partial charge in [-0.25, -0.2) is 0 Å². The molecule has 15 heavy (non-hydrogen) atoms. The number of nitrogens with zero attached hydrogens (tertiary/aromatic N) is 1. The van der Waals surface area contributed by atoms with Crippen LogP contribution < -0.4 is 10.2 Å². The van der Waals surface area contributed by atoms with E-state index in [9.17, 15) is 0 Å². The fourth-order valence-corrected chi connectivity index (χ4v) is 2.32. The summed E-state index contributed by atoms with van der Waals surface area (Å²) >= 11 is 0. The summed E-state index contributed by atoms with van der Waals surface area (Å²) in [6.45, 7) is 3.58. The molecule has 0 bridgehead atoms. The van der Waals surface area contributed by atoms with E-state index in [1.807, 2.05) is 7.05 Å². The number of piperidine rings is 1. The van der Waals surface area contributed by atoms with Crippen molar-refractivity contribution in [1.82, 2.24) is 5.32 Å². The number of anilines is 1. The van der Waals surface area contributed by atoms with Gasteiger partial charge in [0.05, 0.1) is 0 Å². The largest absolute Gasteiger partial charge is 0.372 e. The Bertz CT molecular complexity index is 276. The SMILES string of the molecule is CNCC1CCN(c2ccccc2)CC1. The van der Waals surface area contributed by atoms with E-state index in [1.54, 1.807) is 0 Å². The van der Waals surface area contributed by atoms with Crippen LogP contribution in [-0.2, 0) is 0 Å². The summed E-state index contributed by atoms with van der Waals surface area (Å²) in [5, 5.41) is 3.27. The Kier molecular flexibility index (Phi) is 3.62. The molecule has 1 aromatic rings. The van der Waals surface area contributed by atoms with E-state index in [-0.39, 0.29) is 0 Å². The lowest BCUT2D eigenvalue weighted by atomic mass is 9.96. The lowest BCUT2D eigenvalue weighted by molar-refractivity contribution is 0.393. The van der Waals surface area contributed by atoms with E-state index >= 15 is 0 Å². The van der Waals surface area contributed by atoms with Gasteiger partial charge in [-0.2, -0.15) is 0 Å². The Hall–Kier alpha value is -1.02. The Morgan fingerprint density at radius 1 is 1.20 bits per heavy atom. The van der Waals surface area contributed by atoms with Crippen LogP contribution in [0.5, 0.6) is 0 Å². The van der Waals surface area contributed by atoms with Gasteiger partial charge in [0.2, 0.25) is 0 Å². The average molecular weight is 204 g/mol. The molecule has 1 aromatic carbocycles. The van der Waals surface area contributed by atoms with Crippen LogP contribution in [-0.4, -0.2) is 26.7 Å². The Labute approximate surface area is 92.3 Å². The molecule has 2 nitrogen and oxygen atoms in total. The molecular formula is C13H20N2. The van der Waals surface area contributed by atoms with Crippen molar-refractivity contribution in [3.63, 3.8) is 0 Å². The van der Waals surface area contributed by atoms with E-state index in [4.69, 9.17) is 0 Å². The molecule has 0 saturated carbocycles. The quantitative estimate of drug-likeness (QED) is 0.811. The first-order valence-electron chi connectivity index (χ1n) is 5.85. The van der Waals surface area contributed by atoms with Crippen molar-refractivity contribution < 1.29 is 0 Å². The molecule has 0 aromatic heterocycles. The van der Waals surface area contributed by atoms with E-state index in [1.165, 1.54) is 38.2 Å². The minimum absolute atomic E-state index is 0.870. The number of hydrogen-bond acceptors (Lipinski definition) is 2. The van der Waals surface area contributed by atoms with Crippen molar-refractivity contribution in [2.75, 3.05) is 31.6 Å². The number of para-hydroxylation sites is 1. The molecule has 2 rings (SSSR count). The van der Waals surface area contributed by atoms with Crippen LogP contribution in [0.25, 0.3) is 0 Å². The number of benzene rings is 1. The van der Waals surface area contributed by atoms with Crippen molar-refractivity contribution >= 4 is 5.69 Å². The summed E-state index contributed by atoms with van der Waals surface area (Å²) in [5.74, 6) is 0.870. The van der Waals surface area contributed by atoms with Crippen molar-refractivity contribution in [2.24, 2.45) is 5.92 Å². The van der Waals surface area contributed by atoms with Gasteiger partial charge in [0.1, 0.15) is 0 Å². The van der Waals surface area contributed by atoms with E-state index in [0.29, 0.717) is 0 Å². The summed E-state index contributed by atoms with van der Waals surface area (Å²) in [7, 11) is 2.05. The summed E-state index contributed by atoms with van der Waals surface area (Å²) in [4.78, 5) is 2.49. The average Bonchev–Trinajstić information content (AvgIpc) is 2.32. The molecule has 82 valence electrons. The summed E-state index contributed by atoms with van der Waals surface area (Å²) < 4.78 is 0. The van der Waals surface area contributed by atoms with Gasteiger partial charge in [0.25, 0.3) is 0 Å². The van der Waals surface area contributed by atoms with Crippen LogP contribution >= 0.6 is 0 Å². The minimum atomic E-state index is 0.870. The van der Waals surface area contributed by atoms with Crippen LogP contribution in [0.15, 0.2) is 30.3 Å². The van der Waals surface area contributed by atoms with Crippen LogP contribution in [0, 0.1) is 5.92 Å². The lowest BCUT2D eigenvalue weighted by Gasteiger charge is -2.33. The molecule has 1 saturated heterocycles. The highest BCUT2D eigenvalue weighted by Gasteiger charge is 2.18. The van der Waals surface area contributed by atoms with Gasteiger partial charge < -0.3 is 10.2 Å². The molecule has 0 atom stereocenters. The summed E-state index contributed by atoms with van der Waals surface area (Å²) in [6.07, 6.45) is 2.63. The first kappa shape index (κ1) is 10.5. The zero-order valence-electron chi connectivity index (χ0n) is 9.45. The van der Waals surface area contributed by atoms with Gasteiger partial charge in [-0.3, -0.25) is 0 Å². The van der Waals surface area contributed by atoms with Gasteiger partial charge in [0.15, 0.2) is 0 Å². The van der Waals surface area contributed by atoms with Gasteiger partial charge in [-0.15, -0.1) is 0 Å². The van der Waals surface area contributed by atoms with Gasteiger partial charge in [-0.05, 0) is 44.5 Å². The van der Waals surface area contributed by atoms with Crippen molar-refractivity contribution in [2.45, 2.75) is 12.8 Å². The topological polar surface area (TPSA) is 15.3 Å². The maximum Gasteiger partial charge on any atom is 0.0366 e. The predicted octanol–water partition coefficient (Wildman–Crippen LogP) is 2.12. The third kappa shape index (κ3) is 2.72. The zero-order valence-corrected chi connectivity index (χ0v) is 9.45. The van der Waals surface area contributed by atoms with Crippen molar-refractivity contribution in [1.29, 1.82) is 0 Å². The molecule has 0 radical (unpaired) electrons. The second-order valence-electron chi connectivity index (χ2n) is 4.32. The Morgan fingerprint density at radius 3 is 2.47 bits per heavy atom. The molecule has 1 heterocycles. The van der Waals surface area contributed by atoms with Gasteiger partial charge >= 0.3 is 0 Å². The number of rotatable bonds is 3. The molecule has 1 aliphatic heterocycles. The molecule has 1 N–H and O–H groups in total. The molecule has 1 fully saturated rings. The highest BCUT2D eigenvalue weighted by molar-refractivity contribution is 5.46. The molecular weight excluding hydrogens is 184 g/mol. The van der Waals surface area contributed by atoms with Gasteiger partial charge in [0, 0.05) is 18.8 Å². The third-order valence-electron chi connectivity index (χ3n) is 3.23. The molecule has 2 heteroatoms. The van der Waals surface area contributed by atoms with Crippen LogP contribution in [0.2, 0.25) is 0 Å². The summed E-state index contributed by atoms with van der Waals surface area (Å²) in [6, 6.07) is 10.7. The molecule has 0 unspecified atom stereocenters. The fraction of sp³-hybridized carbons (Fsp3) is 0.538. The molecule has 0 spiro atoms. The fourth-order valence-electron chi connectivity index (χ4n) is 2.32. The molecule has 1 aliphatic rings. The van der Waals surface area contributed by atoms with Crippen molar-refractivity contribution in [3.05, 3.63) is 30.3 Å². The smallest absolute Gasteiger partial charge is 0.0366 e. The Morgan fingerprint density at radius 2 is 1.87 bits per heavy atom. The minimum Gasteiger partial charge on any atom is -0.372 e. The molecule has 0 amide bonds. The number of nitrogens with one attached hydrogen (secondary N) is 1. The zero-order chi connectivity index (χ0) is 10.5. The Balaban J connectivity index is 1.88. The van der Waals surface area contributed by atoms with Crippen LogP contribution in [0.4, 0.5) is 5.69 Å². The maximum atomic E-state index is 3.27.